The summed E-state index contributed by atoms with van der Waals surface area (Å²) < 4.78 is 45.3. The molecule has 2 rings (SSSR count). The van der Waals surface area contributed by atoms with Gasteiger partial charge in [-0.3, -0.25) is 4.79 Å². The number of carbonyl (C=O) groups is 1. The molecule has 0 fully saturated rings. The van der Waals surface area contributed by atoms with Crippen LogP contribution in [0.4, 0.5) is 10.1 Å². The Morgan fingerprint density at radius 3 is 2.41 bits per heavy atom. The molecule has 6 nitrogen and oxygen atoms in total. The maximum absolute atomic E-state index is 13.1. The first-order chi connectivity index (χ1) is 12.7. The number of nitrogens with zero attached hydrogens (tertiary/aromatic N) is 1. The number of rotatable bonds is 7. The van der Waals surface area contributed by atoms with Crippen molar-refractivity contribution in [1.29, 1.82) is 0 Å². The lowest BCUT2D eigenvalue weighted by atomic mass is 10.2. The van der Waals surface area contributed by atoms with Gasteiger partial charge in [0.25, 0.3) is 5.91 Å². The van der Waals surface area contributed by atoms with Crippen LogP contribution in [-0.4, -0.2) is 38.8 Å². The number of hydrogen-bond acceptors (Lipinski definition) is 4. The van der Waals surface area contributed by atoms with Crippen molar-refractivity contribution in [3.63, 3.8) is 0 Å². The number of amides is 1. The highest BCUT2D eigenvalue weighted by molar-refractivity contribution is 7.89. The van der Waals surface area contributed by atoms with E-state index in [2.05, 4.69) is 5.32 Å². The van der Waals surface area contributed by atoms with Crippen LogP contribution in [-0.2, 0) is 10.0 Å². The zero-order valence-corrected chi connectivity index (χ0v) is 16.7. The topological polar surface area (TPSA) is 75.7 Å². The van der Waals surface area contributed by atoms with Crippen molar-refractivity contribution in [2.45, 2.75) is 18.7 Å². The molecule has 1 N–H and O–H groups in total. The molecule has 2 aromatic carbocycles. The second kappa shape index (κ2) is 8.69. The van der Waals surface area contributed by atoms with Crippen molar-refractivity contribution >= 4 is 33.2 Å². The van der Waals surface area contributed by atoms with Gasteiger partial charge in [0.1, 0.15) is 16.5 Å². The minimum absolute atomic E-state index is 0.0350. The Kier molecular flexibility index (Phi) is 6.80. The van der Waals surface area contributed by atoms with E-state index in [1.807, 2.05) is 0 Å². The molecular formula is C18H20ClFN2O4S. The van der Waals surface area contributed by atoms with Crippen LogP contribution in [0, 0.1) is 5.82 Å². The summed E-state index contributed by atoms with van der Waals surface area (Å²) in [5.74, 6) is -0.976. The van der Waals surface area contributed by atoms with Crippen LogP contribution in [0.25, 0.3) is 0 Å². The van der Waals surface area contributed by atoms with Gasteiger partial charge in [0.2, 0.25) is 10.0 Å². The van der Waals surface area contributed by atoms with Crippen LogP contribution in [0.1, 0.15) is 24.2 Å². The fraction of sp³-hybridized carbons (Fsp3) is 0.278. The molecule has 0 saturated carbocycles. The lowest BCUT2D eigenvalue weighted by Crippen LogP contribution is -2.31. The van der Waals surface area contributed by atoms with E-state index in [0.29, 0.717) is 0 Å². The van der Waals surface area contributed by atoms with Crippen LogP contribution in [0.15, 0.2) is 41.3 Å². The first kappa shape index (κ1) is 21.1. The average molecular weight is 415 g/mol. The van der Waals surface area contributed by atoms with Gasteiger partial charge in [-0.05, 0) is 36.4 Å². The number of halogens is 2. The van der Waals surface area contributed by atoms with Gasteiger partial charge in [-0.25, -0.2) is 12.8 Å². The fourth-order valence-electron chi connectivity index (χ4n) is 2.51. The monoisotopic (exact) mass is 414 g/mol. The van der Waals surface area contributed by atoms with E-state index in [0.717, 1.165) is 12.1 Å². The summed E-state index contributed by atoms with van der Waals surface area (Å²) in [5, 5.41) is 2.58. The molecule has 0 aliphatic carbocycles. The average Bonchev–Trinajstić information content (AvgIpc) is 2.64. The highest BCUT2D eigenvalue weighted by atomic mass is 35.5. The van der Waals surface area contributed by atoms with E-state index in [1.54, 1.807) is 13.8 Å². The Morgan fingerprint density at radius 1 is 1.19 bits per heavy atom. The van der Waals surface area contributed by atoms with E-state index < -0.39 is 21.7 Å². The van der Waals surface area contributed by atoms with Gasteiger partial charge < -0.3 is 10.1 Å². The summed E-state index contributed by atoms with van der Waals surface area (Å²) in [4.78, 5) is 12.4. The lowest BCUT2D eigenvalue weighted by Gasteiger charge is -2.20. The SMILES string of the molecule is CCN(CC)S(=O)(=O)c1cc(C(=O)Nc2ccc(F)cc2Cl)ccc1OC. The van der Waals surface area contributed by atoms with Gasteiger partial charge in [0.15, 0.2) is 0 Å². The number of sulfonamides is 1. The predicted molar refractivity (Wildman–Crippen MR) is 102 cm³/mol. The second-order valence-electron chi connectivity index (χ2n) is 5.53. The van der Waals surface area contributed by atoms with Crippen molar-refractivity contribution < 1.29 is 22.3 Å². The highest BCUT2D eigenvalue weighted by Crippen LogP contribution is 2.29. The van der Waals surface area contributed by atoms with Crippen molar-refractivity contribution in [3.05, 3.63) is 52.8 Å². The number of ether oxygens (including phenoxy) is 1. The number of nitrogens with one attached hydrogen (secondary N) is 1. The van der Waals surface area contributed by atoms with Gasteiger partial charge in [0, 0.05) is 18.7 Å². The zero-order valence-electron chi connectivity index (χ0n) is 15.1. The molecule has 146 valence electrons. The zero-order chi connectivity index (χ0) is 20.2. The molecule has 0 atom stereocenters. The minimum atomic E-state index is -3.83. The molecule has 0 aliphatic heterocycles. The van der Waals surface area contributed by atoms with Gasteiger partial charge in [-0.2, -0.15) is 4.31 Å². The summed E-state index contributed by atoms with van der Waals surface area (Å²) in [6, 6.07) is 7.66. The predicted octanol–water partition coefficient (Wildman–Crippen LogP) is 3.77. The molecule has 0 radical (unpaired) electrons. The smallest absolute Gasteiger partial charge is 0.255 e. The molecular weight excluding hydrogens is 395 g/mol. The van der Waals surface area contributed by atoms with Crippen LogP contribution in [0.3, 0.4) is 0 Å². The third kappa shape index (κ3) is 4.58. The highest BCUT2D eigenvalue weighted by Gasteiger charge is 2.27. The van der Waals surface area contributed by atoms with Crippen LogP contribution < -0.4 is 10.1 Å². The Bertz CT molecular complexity index is 946. The largest absolute Gasteiger partial charge is 0.495 e. The molecule has 0 aromatic heterocycles. The van der Waals surface area contributed by atoms with Crippen molar-refractivity contribution in [2.24, 2.45) is 0 Å². The number of benzene rings is 2. The quantitative estimate of drug-likeness (QED) is 0.748. The van der Waals surface area contributed by atoms with Crippen LogP contribution in [0.2, 0.25) is 5.02 Å². The fourth-order valence-corrected chi connectivity index (χ4v) is 4.36. The molecule has 0 heterocycles. The van der Waals surface area contributed by atoms with Crippen LogP contribution in [0.5, 0.6) is 5.75 Å². The Labute approximate surface area is 162 Å². The Hall–Kier alpha value is -2.16. The summed E-state index contributed by atoms with van der Waals surface area (Å²) in [6.07, 6.45) is 0. The van der Waals surface area contributed by atoms with Crippen molar-refractivity contribution in [2.75, 3.05) is 25.5 Å². The maximum Gasteiger partial charge on any atom is 0.255 e. The summed E-state index contributed by atoms with van der Waals surface area (Å²) >= 11 is 5.91. The maximum atomic E-state index is 13.1. The van der Waals surface area contributed by atoms with Crippen LogP contribution >= 0.6 is 11.6 Å². The second-order valence-corrected chi connectivity index (χ2v) is 7.85. The molecule has 0 aliphatic rings. The van der Waals surface area contributed by atoms with E-state index >= 15 is 0 Å². The molecule has 0 spiro atoms. The van der Waals surface area contributed by atoms with Gasteiger partial charge in [-0.1, -0.05) is 25.4 Å². The van der Waals surface area contributed by atoms with Gasteiger partial charge in [0.05, 0.1) is 17.8 Å². The first-order valence-corrected chi connectivity index (χ1v) is 10.0. The molecule has 27 heavy (non-hydrogen) atoms. The number of hydrogen-bond donors (Lipinski definition) is 1. The number of anilines is 1. The van der Waals surface area contributed by atoms with Gasteiger partial charge >= 0.3 is 0 Å². The first-order valence-electron chi connectivity index (χ1n) is 8.19. The Morgan fingerprint density at radius 2 is 1.85 bits per heavy atom. The molecule has 2 aromatic rings. The van der Waals surface area contributed by atoms with E-state index in [4.69, 9.17) is 16.3 Å². The standard InChI is InChI=1S/C18H20ClFN2O4S/c1-4-22(5-2)27(24,25)17-10-12(6-9-16(17)26-3)18(23)21-15-8-7-13(20)11-14(15)19/h6-11H,4-5H2,1-3H3,(H,21,23). The van der Waals surface area contributed by atoms with Crippen molar-refractivity contribution in [1.82, 2.24) is 4.31 Å². The summed E-state index contributed by atoms with van der Waals surface area (Å²) in [5.41, 5.74) is 0.314. The van der Waals surface area contributed by atoms with Gasteiger partial charge in [-0.15, -0.1) is 0 Å². The molecule has 0 saturated heterocycles. The Balaban J connectivity index is 2.43. The number of carbonyl (C=O) groups excluding carboxylic acids is 1. The number of methoxy groups -OCH3 is 1. The molecule has 0 bridgehead atoms. The third-order valence-electron chi connectivity index (χ3n) is 3.93. The van der Waals surface area contributed by atoms with Crippen molar-refractivity contribution in [3.8, 4) is 5.75 Å². The third-order valence-corrected chi connectivity index (χ3v) is 6.31. The lowest BCUT2D eigenvalue weighted by molar-refractivity contribution is 0.102. The molecule has 1 amide bonds. The van der Waals surface area contributed by atoms with E-state index in [1.165, 1.54) is 35.7 Å². The van der Waals surface area contributed by atoms with E-state index in [-0.39, 0.29) is 40.0 Å². The van der Waals surface area contributed by atoms with E-state index in [9.17, 15) is 17.6 Å². The normalized spacial score (nSPS) is 11.5. The minimum Gasteiger partial charge on any atom is -0.495 e. The molecule has 9 heteroatoms. The summed E-state index contributed by atoms with van der Waals surface area (Å²) in [6.45, 7) is 4.01. The molecule has 0 unspecified atom stereocenters. The summed E-state index contributed by atoms with van der Waals surface area (Å²) in [7, 11) is -2.48.